The number of aliphatic hydroxyl groups is 2. The average Bonchev–Trinajstić information content (AvgIpc) is 3.36. The van der Waals surface area contributed by atoms with Crippen LogP contribution in [0.3, 0.4) is 0 Å². The third-order valence-electron chi connectivity index (χ3n) is 5.19. The Balaban J connectivity index is 1.64. The number of rotatable bonds is 2. The minimum absolute atomic E-state index is 0.509. The molecule has 3 N–H and O–H groups in total. The molecule has 1 saturated carbocycles. The molecule has 0 bridgehead atoms. The highest BCUT2D eigenvalue weighted by molar-refractivity contribution is 5.84. The fraction of sp³-hybridized carbons (Fsp3) is 0.350. The van der Waals surface area contributed by atoms with Crippen molar-refractivity contribution in [2.24, 2.45) is 0 Å². The molecule has 0 saturated heterocycles. The summed E-state index contributed by atoms with van der Waals surface area (Å²) in [6.45, 7) is 2.00. The van der Waals surface area contributed by atoms with Gasteiger partial charge in [0.15, 0.2) is 11.9 Å². The van der Waals surface area contributed by atoms with Crippen LogP contribution in [0, 0.1) is 6.92 Å². The van der Waals surface area contributed by atoms with Gasteiger partial charge in [0.25, 0.3) is 0 Å². The molecule has 0 unspecified atom stereocenters. The van der Waals surface area contributed by atoms with Gasteiger partial charge in [0, 0.05) is 11.5 Å². The number of imidazole rings is 1. The van der Waals surface area contributed by atoms with E-state index in [1.54, 1.807) is 0 Å². The van der Waals surface area contributed by atoms with Crippen LogP contribution in [0.1, 0.15) is 53.5 Å². The quantitative estimate of drug-likeness (QED) is 0.671. The monoisotopic (exact) mass is 336 g/mol. The van der Waals surface area contributed by atoms with Gasteiger partial charge in [-0.2, -0.15) is 0 Å². The highest BCUT2D eigenvalue weighted by Gasteiger charge is 2.39. The zero-order chi connectivity index (χ0) is 17.1. The number of hydrogen-bond acceptors (Lipinski definition) is 4. The Morgan fingerprint density at radius 3 is 2.76 bits per heavy atom. The molecule has 1 aromatic heterocycles. The van der Waals surface area contributed by atoms with E-state index in [4.69, 9.17) is 9.72 Å². The Morgan fingerprint density at radius 1 is 1.16 bits per heavy atom. The van der Waals surface area contributed by atoms with Gasteiger partial charge in [0.05, 0.1) is 5.52 Å². The van der Waals surface area contributed by atoms with E-state index < -0.39 is 18.3 Å². The normalized spacial score (nSPS) is 25.6. The smallest absolute Gasteiger partial charge is 0.154 e. The van der Waals surface area contributed by atoms with E-state index in [0.29, 0.717) is 17.2 Å². The fourth-order valence-electron chi connectivity index (χ4n) is 3.65. The molecule has 25 heavy (non-hydrogen) atoms. The van der Waals surface area contributed by atoms with Crippen LogP contribution in [0.25, 0.3) is 11.0 Å². The third kappa shape index (κ3) is 2.34. The van der Waals surface area contributed by atoms with Crippen LogP contribution >= 0.6 is 0 Å². The van der Waals surface area contributed by atoms with E-state index in [0.717, 1.165) is 40.8 Å². The molecule has 3 atom stereocenters. The molecule has 5 heteroatoms. The second kappa shape index (κ2) is 5.31. The maximum atomic E-state index is 10.7. The molecule has 0 radical (unpaired) electrons. The average molecular weight is 336 g/mol. The zero-order valence-electron chi connectivity index (χ0n) is 13.9. The Hall–Kier alpha value is -2.37. The molecule has 0 amide bonds. The number of nitrogens with zero attached hydrogens (tertiary/aromatic N) is 1. The first-order valence-corrected chi connectivity index (χ1v) is 8.73. The van der Waals surface area contributed by atoms with Crippen molar-refractivity contribution in [3.05, 3.63) is 58.9 Å². The summed E-state index contributed by atoms with van der Waals surface area (Å²) in [7, 11) is 0. The van der Waals surface area contributed by atoms with Gasteiger partial charge in [0.1, 0.15) is 23.5 Å². The first-order chi connectivity index (χ1) is 12.1. The molecular formula is C20H20N2O3. The number of hydrogen-bond donors (Lipinski definition) is 3. The van der Waals surface area contributed by atoms with Crippen LogP contribution < -0.4 is 4.74 Å². The van der Waals surface area contributed by atoms with Gasteiger partial charge in [-0.15, -0.1) is 0 Å². The lowest BCUT2D eigenvalue weighted by Gasteiger charge is -2.34. The number of benzene rings is 2. The molecule has 2 aromatic carbocycles. The van der Waals surface area contributed by atoms with Crippen LogP contribution in [0.4, 0.5) is 0 Å². The number of aryl methyl sites for hydroxylation is 1. The number of aliphatic hydroxyl groups excluding tert-OH is 2. The van der Waals surface area contributed by atoms with E-state index in [1.165, 1.54) is 0 Å². The van der Waals surface area contributed by atoms with Crippen molar-refractivity contribution < 1.29 is 14.9 Å². The third-order valence-corrected chi connectivity index (χ3v) is 5.19. The Labute approximate surface area is 145 Å². The Morgan fingerprint density at radius 2 is 2.00 bits per heavy atom. The molecule has 3 aromatic rings. The number of nitrogens with one attached hydrogen (secondary N) is 1. The highest BCUT2D eigenvalue weighted by Crippen LogP contribution is 2.46. The molecule has 1 aliphatic heterocycles. The van der Waals surface area contributed by atoms with E-state index in [-0.39, 0.29) is 0 Å². The van der Waals surface area contributed by atoms with Crippen LogP contribution in [0.5, 0.6) is 5.75 Å². The van der Waals surface area contributed by atoms with Gasteiger partial charge in [-0.25, -0.2) is 4.98 Å². The highest BCUT2D eigenvalue weighted by atomic mass is 16.5. The van der Waals surface area contributed by atoms with E-state index in [9.17, 15) is 10.2 Å². The minimum Gasteiger partial charge on any atom is -0.480 e. The van der Waals surface area contributed by atoms with Gasteiger partial charge in [-0.3, -0.25) is 0 Å². The van der Waals surface area contributed by atoms with Crippen LogP contribution in [-0.4, -0.2) is 26.3 Å². The molecule has 128 valence electrons. The molecular weight excluding hydrogens is 316 g/mol. The van der Waals surface area contributed by atoms with Gasteiger partial charge in [-0.1, -0.05) is 35.9 Å². The first-order valence-electron chi connectivity index (χ1n) is 8.73. The van der Waals surface area contributed by atoms with Gasteiger partial charge >= 0.3 is 0 Å². The minimum atomic E-state index is -1.02. The molecule has 2 aliphatic rings. The zero-order valence-corrected chi connectivity index (χ0v) is 13.9. The maximum absolute atomic E-state index is 10.7. The van der Waals surface area contributed by atoms with Crippen LogP contribution in [0.2, 0.25) is 0 Å². The summed E-state index contributed by atoms with van der Waals surface area (Å²) in [5, 5.41) is 21.3. The Bertz CT molecular complexity index is 961. The molecule has 5 nitrogen and oxygen atoms in total. The van der Waals surface area contributed by atoms with Crippen LogP contribution in [-0.2, 0) is 0 Å². The van der Waals surface area contributed by atoms with Crippen molar-refractivity contribution in [1.82, 2.24) is 9.97 Å². The van der Waals surface area contributed by atoms with Crippen molar-refractivity contribution in [2.75, 3.05) is 0 Å². The number of fused-ring (bicyclic) bond motifs is 3. The van der Waals surface area contributed by atoms with Crippen molar-refractivity contribution in [3.8, 4) is 5.75 Å². The molecule has 1 aliphatic carbocycles. The van der Waals surface area contributed by atoms with Crippen molar-refractivity contribution >= 4 is 11.0 Å². The fourth-order valence-corrected chi connectivity index (χ4v) is 3.65. The predicted octanol–water partition coefficient (Wildman–Crippen LogP) is 3.28. The summed E-state index contributed by atoms with van der Waals surface area (Å²) in [6, 6.07) is 11.5. The lowest BCUT2D eigenvalue weighted by atomic mass is 9.91. The van der Waals surface area contributed by atoms with Crippen molar-refractivity contribution in [3.63, 3.8) is 0 Å². The molecule has 1 fully saturated rings. The second-order valence-electron chi connectivity index (χ2n) is 7.16. The Kier molecular flexibility index (Phi) is 3.17. The molecule has 0 spiro atoms. The summed E-state index contributed by atoms with van der Waals surface area (Å²) < 4.78 is 6.19. The number of aromatic amines is 1. The summed E-state index contributed by atoms with van der Waals surface area (Å²) in [4.78, 5) is 8.08. The summed E-state index contributed by atoms with van der Waals surface area (Å²) >= 11 is 0. The number of H-pyrrole nitrogens is 1. The van der Waals surface area contributed by atoms with Crippen molar-refractivity contribution in [1.29, 1.82) is 0 Å². The van der Waals surface area contributed by atoms with E-state index in [2.05, 4.69) is 4.98 Å². The second-order valence-corrected chi connectivity index (χ2v) is 7.16. The summed E-state index contributed by atoms with van der Waals surface area (Å²) in [5.74, 6) is 2.07. The van der Waals surface area contributed by atoms with Gasteiger partial charge < -0.3 is 19.9 Å². The lowest BCUT2D eigenvalue weighted by Crippen LogP contribution is -2.34. The SMILES string of the molecule is Cc1cccc([C@H]2Oc3c(ccc4[nH]c(C5CC5)nc34)[C@@H](O)[C@@H]2O)c1. The topological polar surface area (TPSA) is 78.4 Å². The summed E-state index contributed by atoms with van der Waals surface area (Å²) in [5.41, 5.74) is 4.18. The predicted molar refractivity (Wildman–Crippen MR) is 93.6 cm³/mol. The number of aromatic nitrogens is 2. The van der Waals surface area contributed by atoms with E-state index >= 15 is 0 Å². The van der Waals surface area contributed by atoms with Crippen LogP contribution in [0.15, 0.2) is 36.4 Å². The standard InChI is InChI=1S/C20H20N2O3/c1-10-3-2-4-12(9-10)18-17(24)16(23)13-7-8-14-15(19(13)25-18)22-20(21-14)11-5-6-11/h2-4,7-9,11,16-18,23-24H,5-6H2,1H3,(H,21,22)/t16-,17+,18-/m1/s1. The molecule has 2 heterocycles. The molecule has 5 rings (SSSR count). The lowest BCUT2D eigenvalue weighted by molar-refractivity contribution is -0.0692. The van der Waals surface area contributed by atoms with E-state index in [1.807, 2.05) is 43.3 Å². The summed E-state index contributed by atoms with van der Waals surface area (Å²) in [6.07, 6.45) is -0.311. The maximum Gasteiger partial charge on any atom is 0.154 e. The largest absolute Gasteiger partial charge is 0.480 e. The first kappa shape index (κ1) is 14.9. The van der Waals surface area contributed by atoms with Gasteiger partial charge in [0.2, 0.25) is 0 Å². The number of ether oxygens (including phenoxy) is 1. The van der Waals surface area contributed by atoms with Crippen molar-refractivity contribution in [2.45, 2.75) is 44.0 Å². The van der Waals surface area contributed by atoms with Gasteiger partial charge in [-0.05, 0) is 31.4 Å².